The Morgan fingerprint density at radius 1 is 1.33 bits per heavy atom. The van der Waals surface area contributed by atoms with Crippen molar-refractivity contribution in [2.24, 2.45) is 0 Å². The molecule has 0 amide bonds. The van der Waals surface area contributed by atoms with Gasteiger partial charge in [-0.05, 0) is 41.8 Å². The van der Waals surface area contributed by atoms with Gasteiger partial charge >= 0.3 is 5.97 Å². The van der Waals surface area contributed by atoms with Gasteiger partial charge in [0, 0.05) is 10.9 Å². The molecule has 21 heavy (non-hydrogen) atoms. The van der Waals surface area contributed by atoms with Crippen LogP contribution in [0.5, 0.6) is 0 Å². The Morgan fingerprint density at radius 2 is 2.14 bits per heavy atom. The SMILES string of the molecule is COC(=O)C(NC1CCCc2sccc21)c1ccccc1. The van der Waals surface area contributed by atoms with Crippen molar-refractivity contribution in [1.82, 2.24) is 5.32 Å². The van der Waals surface area contributed by atoms with E-state index in [2.05, 4.69) is 16.8 Å². The summed E-state index contributed by atoms with van der Waals surface area (Å²) in [5.41, 5.74) is 2.29. The number of aryl methyl sites for hydroxylation is 1. The minimum atomic E-state index is -0.410. The molecule has 1 aliphatic rings. The Balaban J connectivity index is 1.85. The van der Waals surface area contributed by atoms with Crippen LogP contribution in [0.15, 0.2) is 41.8 Å². The average molecular weight is 301 g/mol. The predicted molar refractivity (Wildman–Crippen MR) is 84.3 cm³/mol. The molecule has 0 saturated heterocycles. The van der Waals surface area contributed by atoms with Gasteiger partial charge < -0.3 is 4.74 Å². The Morgan fingerprint density at radius 3 is 2.90 bits per heavy atom. The number of rotatable bonds is 4. The van der Waals surface area contributed by atoms with Gasteiger partial charge in [0.25, 0.3) is 0 Å². The van der Waals surface area contributed by atoms with Crippen LogP contribution in [0.3, 0.4) is 0 Å². The van der Waals surface area contributed by atoms with Crippen molar-refractivity contribution < 1.29 is 9.53 Å². The number of nitrogens with one attached hydrogen (secondary N) is 1. The van der Waals surface area contributed by atoms with Crippen LogP contribution < -0.4 is 5.32 Å². The number of benzene rings is 1. The van der Waals surface area contributed by atoms with E-state index in [-0.39, 0.29) is 12.0 Å². The summed E-state index contributed by atoms with van der Waals surface area (Å²) in [6.07, 6.45) is 3.37. The molecule has 0 spiro atoms. The second kappa shape index (κ2) is 6.41. The van der Waals surface area contributed by atoms with Gasteiger partial charge in [-0.25, -0.2) is 4.79 Å². The third-order valence-corrected chi connectivity index (χ3v) is 4.99. The van der Waals surface area contributed by atoms with Crippen LogP contribution in [-0.2, 0) is 16.0 Å². The number of thiophene rings is 1. The molecule has 3 nitrogen and oxygen atoms in total. The first-order valence-corrected chi connectivity index (χ1v) is 8.12. The van der Waals surface area contributed by atoms with Gasteiger partial charge in [-0.15, -0.1) is 11.3 Å². The topological polar surface area (TPSA) is 38.3 Å². The minimum Gasteiger partial charge on any atom is -0.468 e. The van der Waals surface area contributed by atoms with Gasteiger partial charge in [0.1, 0.15) is 6.04 Å². The molecule has 1 N–H and O–H groups in total. The minimum absolute atomic E-state index is 0.226. The smallest absolute Gasteiger partial charge is 0.327 e. The molecule has 1 aliphatic carbocycles. The van der Waals surface area contributed by atoms with Crippen molar-refractivity contribution in [2.45, 2.75) is 31.3 Å². The highest BCUT2D eigenvalue weighted by Crippen LogP contribution is 2.35. The number of carbonyl (C=O) groups excluding carboxylic acids is 1. The summed E-state index contributed by atoms with van der Waals surface area (Å²) in [7, 11) is 1.44. The zero-order chi connectivity index (χ0) is 14.7. The number of hydrogen-bond donors (Lipinski definition) is 1. The maximum absolute atomic E-state index is 12.2. The van der Waals surface area contributed by atoms with Gasteiger partial charge in [-0.3, -0.25) is 5.32 Å². The molecular formula is C17H19NO2S. The van der Waals surface area contributed by atoms with E-state index in [4.69, 9.17) is 4.74 Å². The van der Waals surface area contributed by atoms with E-state index in [1.54, 1.807) is 0 Å². The normalized spacial score (nSPS) is 18.8. The zero-order valence-electron chi connectivity index (χ0n) is 12.0. The first-order valence-electron chi connectivity index (χ1n) is 7.24. The van der Waals surface area contributed by atoms with Crippen LogP contribution in [0.2, 0.25) is 0 Å². The lowest BCUT2D eigenvalue weighted by Gasteiger charge is -2.28. The van der Waals surface area contributed by atoms with Crippen molar-refractivity contribution in [2.75, 3.05) is 7.11 Å². The fourth-order valence-electron chi connectivity index (χ4n) is 2.92. The number of ether oxygens (including phenoxy) is 1. The molecule has 0 fully saturated rings. The van der Waals surface area contributed by atoms with E-state index in [0.29, 0.717) is 0 Å². The summed E-state index contributed by atoms with van der Waals surface area (Å²) in [6, 6.07) is 11.8. The van der Waals surface area contributed by atoms with Gasteiger partial charge in [0.2, 0.25) is 0 Å². The number of hydrogen-bond acceptors (Lipinski definition) is 4. The van der Waals surface area contributed by atoms with Gasteiger partial charge in [-0.1, -0.05) is 30.3 Å². The number of methoxy groups -OCH3 is 1. The summed E-state index contributed by atoms with van der Waals surface area (Å²) in [5, 5.41) is 5.64. The maximum atomic E-state index is 12.2. The summed E-state index contributed by atoms with van der Waals surface area (Å²) in [4.78, 5) is 13.6. The average Bonchev–Trinajstić information content (AvgIpc) is 3.02. The molecule has 0 radical (unpaired) electrons. The fourth-order valence-corrected chi connectivity index (χ4v) is 3.91. The number of fused-ring (bicyclic) bond motifs is 1. The van der Waals surface area contributed by atoms with E-state index >= 15 is 0 Å². The van der Waals surface area contributed by atoms with Crippen molar-refractivity contribution in [3.05, 3.63) is 57.8 Å². The largest absolute Gasteiger partial charge is 0.468 e. The third-order valence-electron chi connectivity index (χ3n) is 3.99. The summed E-state index contributed by atoms with van der Waals surface area (Å²) in [5.74, 6) is -0.233. The highest BCUT2D eigenvalue weighted by Gasteiger charge is 2.28. The van der Waals surface area contributed by atoms with Crippen LogP contribution in [0, 0.1) is 0 Å². The summed E-state index contributed by atoms with van der Waals surface area (Å²) >= 11 is 1.81. The van der Waals surface area contributed by atoms with Crippen molar-refractivity contribution >= 4 is 17.3 Å². The molecule has 3 rings (SSSR count). The van der Waals surface area contributed by atoms with Crippen molar-refractivity contribution in [3.63, 3.8) is 0 Å². The quantitative estimate of drug-likeness (QED) is 0.876. The van der Waals surface area contributed by atoms with Gasteiger partial charge in [0.15, 0.2) is 0 Å². The first-order chi connectivity index (χ1) is 10.3. The number of esters is 1. The van der Waals surface area contributed by atoms with Crippen molar-refractivity contribution in [1.29, 1.82) is 0 Å². The molecule has 0 aliphatic heterocycles. The number of carbonyl (C=O) groups is 1. The van der Waals surface area contributed by atoms with E-state index in [0.717, 1.165) is 24.8 Å². The molecule has 0 bridgehead atoms. The molecular weight excluding hydrogens is 282 g/mol. The Hall–Kier alpha value is -1.65. The van der Waals surface area contributed by atoms with Crippen molar-refractivity contribution in [3.8, 4) is 0 Å². The fraction of sp³-hybridized carbons (Fsp3) is 0.353. The zero-order valence-corrected chi connectivity index (χ0v) is 12.9. The molecule has 2 atom stereocenters. The Kier molecular flexibility index (Phi) is 4.36. The van der Waals surface area contributed by atoms with E-state index in [1.807, 2.05) is 41.7 Å². The van der Waals surface area contributed by atoms with E-state index in [1.165, 1.54) is 17.6 Å². The van der Waals surface area contributed by atoms with E-state index < -0.39 is 6.04 Å². The maximum Gasteiger partial charge on any atom is 0.327 e. The highest BCUT2D eigenvalue weighted by atomic mass is 32.1. The Bertz CT molecular complexity index is 608. The Labute approximate surface area is 129 Å². The molecule has 1 heterocycles. The van der Waals surface area contributed by atoms with E-state index in [9.17, 15) is 4.79 Å². The highest BCUT2D eigenvalue weighted by molar-refractivity contribution is 7.10. The van der Waals surface area contributed by atoms with Crippen LogP contribution in [0.25, 0.3) is 0 Å². The van der Waals surface area contributed by atoms with Gasteiger partial charge in [0.05, 0.1) is 7.11 Å². The van der Waals surface area contributed by atoms with Crippen LogP contribution in [0.4, 0.5) is 0 Å². The second-order valence-corrected chi connectivity index (χ2v) is 6.28. The predicted octanol–water partition coefficient (Wildman–Crippen LogP) is 3.63. The molecule has 4 heteroatoms. The third kappa shape index (κ3) is 3.01. The molecule has 1 aromatic carbocycles. The van der Waals surface area contributed by atoms with Crippen LogP contribution in [0.1, 0.15) is 40.9 Å². The molecule has 0 saturated carbocycles. The summed E-state index contributed by atoms with van der Waals surface area (Å²) < 4.78 is 4.98. The van der Waals surface area contributed by atoms with Crippen LogP contribution >= 0.6 is 11.3 Å². The lowest BCUT2D eigenvalue weighted by molar-refractivity contribution is -0.143. The molecule has 110 valence electrons. The molecule has 2 unspecified atom stereocenters. The standard InChI is InChI=1S/C17H19NO2S/c1-20-17(19)16(12-6-3-2-4-7-12)18-14-8-5-9-15-13(14)10-11-21-15/h2-4,6-7,10-11,14,16,18H,5,8-9H2,1H3. The molecule has 1 aromatic heterocycles. The lowest BCUT2D eigenvalue weighted by atomic mass is 9.92. The summed E-state index contributed by atoms with van der Waals surface area (Å²) in [6.45, 7) is 0. The second-order valence-electron chi connectivity index (χ2n) is 5.28. The lowest BCUT2D eigenvalue weighted by Crippen LogP contribution is -2.34. The van der Waals surface area contributed by atoms with Gasteiger partial charge in [-0.2, -0.15) is 0 Å². The monoisotopic (exact) mass is 301 g/mol. The molecule has 2 aromatic rings. The first kappa shape index (κ1) is 14.3. The van der Waals surface area contributed by atoms with Crippen LogP contribution in [-0.4, -0.2) is 13.1 Å².